The van der Waals surface area contributed by atoms with E-state index in [0.717, 1.165) is 23.2 Å². The van der Waals surface area contributed by atoms with Crippen molar-refractivity contribution in [2.75, 3.05) is 18.8 Å². The third kappa shape index (κ3) is 4.54. The van der Waals surface area contributed by atoms with Crippen LogP contribution < -0.4 is 5.73 Å². The Morgan fingerprint density at radius 2 is 2.00 bits per heavy atom. The molecule has 0 spiro atoms. The van der Waals surface area contributed by atoms with Crippen LogP contribution in [-0.2, 0) is 6.54 Å². The summed E-state index contributed by atoms with van der Waals surface area (Å²) in [7, 11) is 0. The highest BCUT2D eigenvalue weighted by molar-refractivity contribution is 9.10. The number of nitrogens with zero attached hydrogens (tertiary/aromatic N) is 1. The molecular weight excluding hydrogens is 264 g/mol. The van der Waals surface area contributed by atoms with Crippen molar-refractivity contribution >= 4 is 21.6 Å². The minimum absolute atomic E-state index is 0.830. The van der Waals surface area contributed by atoms with E-state index < -0.39 is 0 Å². The van der Waals surface area contributed by atoms with Crippen molar-refractivity contribution in [3.8, 4) is 0 Å². The average molecular weight is 285 g/mol. The Bertz CT molecular complexity index is 305. The molecule has 0 aromatic heterocycles. The van der Waals surface area contributed by atoms with Crippen LogP contribution >= 0.6 is 15.9 Å². The second kappa shape index (κ2) is 6.92. The summed E-state index contributed by atoms with van der Waals surface area (Å²) >= 11 is 3.48. The van der Waals surface area contributed by atoms with Gasteiger partial charge in [-0.3, -0.25) is 4.90 Å². The summed E-state index contributed by atoms with van der Waals surface area (Å²) in [6.07, 6.45) is 2.51. The molecule has 0 fully saturated rings. The summed E-state index contributed by atoms with van der Waals surface area (Å²) in [5.74, 6) is 0. The molecule has 0 aliphatic heterocycles. The van der Waals surface area contributed by atoms with Gasteiger partial charge in [-0.25, -0.2) is 0 Å². The second-order valence-corrected chi connectivity index (χ2v) is 5.03. The smallest absolute Gasteiger partial charge is 0.0328 e. The van der Waals surface area contributed by atoms with Gasteiger partial charge in [0, 0.05) is 16.7 Å². The van der Waals surface area contributed by atoms with Gasteiger partial charge >= 0.3 is 0 Å². The Balaban J connectivity index is 2.62. The van der Waals surface area contributed by atoms with Crippen LogP contribution in [0.2, 0.25) is 0 Å². The molecule has 0 heterocycles. The van der Waals surface area contributed by atoms with E-state index in [1.165, 1.54) is 24.9 Å². The lowest BCUT2D eigenvalue weighted by atomic mass is 10.2. The molecule has 2 nitrogen and oxygen atoms in total. The monoisotopic (exact) mass is 284 g/mol. The third-order valence-electron chi connectivity index (χ3n) is 2.66. The largest absolute Gasteiger partial charge is 0.399 e. The van der Waals surface area contributed by atoms with Crippen molar-refractivity contribution in [1.29, 1.82) is 0 Å². The van der Waals surface area contributed by atoms with Crippen molar-refractivity contribution < 1.29 is 0 Å². The molecule has 1 aromatic carbocycles. The quantitative estimate of drug-likeness (QED) is 0.808. The summed E-state index contributed by atoms with van der Waals surface area (Å²) in [5, 5.41) is 0. The van der Waals surface area contributed by atoms with Gasteiger partial charge in [-0.1, -0.05) is 36.2 Å². The molecule has 0 saturated carbocycles. The van der Waals surface area contributed by atoms with Crippen molar-refractivity contribution in [2.24, 2.45) is 0 Å². The lowest BCUT2D eigenvalue weighted by Gasteiger charge is -2.20. The van der Waals surface area contributed by atoms with Crippen molar-refractivity contribution in [1.82, 2.24) is 4.90 Å². The molecule has 0 aliphatic rings. The standard InChI is InChI=1S/C13H21BrN2/c1-3-5-6-16(4-2)10-11-7-12(14)9-13(15)8-11/h7-9H,3-6,10,15H2,1-2H3. The minimum Gasteiger partial charge on any atom is -0.399 e. The SMILES string of the molecule is CCCCN(CC)Cc1cc(N)cc(Br)c1. The number of hydrogen-bond donors (Lipinski definition) is 1. The molecule has 90 valence electrons. The van der Waals surface area contributed by atoms with Gasteiger partial charge in [-0.15, -0.1) is 0 Å². The Morgan fingerprint density at radius 1 is 1.25 bits per heavy atom. The molecule has 2 N–H and O–H groups in total. The van der Waals surface area contributed by atoms with Crippen molar-refractivity contribution in [3.63, 3.8) is 0 Å². The Hall–Kier alpha value is -0.540. The van der Waals surface area contributed by atoms with Gasteiger partial charge in [0.15, 0.2) is 0 Å². The Labute approximate surface area is 107 Å². The topological polar surface area (TPSA) is 29.3 Å². The van der Waals surface area contributed by atoms with Gasteiger partial charge < -0.3 is 5.73 Å². The lowest BCUT2D eigenvalue weighted by molar-refractivity contribution is 0.275. The van der Waals surface area contributed by atoms with Gasteiger partial charge in [0.05, 0.1) is 0 Å². The molecule has 0 bridgehead atoms. The lowest BCUT2D eigenvalue weighted by Crippen LogP contribution is -2.23. The molecule has 1 aromatic rings. The van der Waals surface area contributed by atoms with Crippen LogP contribution in [0.25, 0.3) is 0 Å². The first-order valence-electron chi connectivity index (χ1n) is 5.93. The number of anilines is 1. The van der Waals surface area contributed by atoms with E-state index in [-0.39, 0.29) is 0 Å². The maximum absolute atomic E-state index is 5.83. The van der Waals surface area contributed by atoms with Crippen LogP contribution in [0.15, 0.2) is 22.7 Å². The first-order chi connectivity index (χ1) is 7.65. The van der Waals surface area contributed by atoms with Crippen molar-refractivity contribution in [2.45, 2.75) is 33.2 Å². The first kappa shape index (κ1) is 13.5. The van der Waals surface area contributed by atoms with Crippen molar-refractivity contribution in [3.05, 3.63) is 28.2 Å². The molecule has 1 rings (SSSR count). The highest BCUT2D eigenvalue weighted by atomic mass is 79.9. The second-order valence-electron chi connectivity index (χ2n) is 4.12. The van der Waals surface area contributed by atoms with E-state index in [1.807, 2.05) is 6.07 Å². The summed E-state index contributed by atoms with van der Waals surface area (Å²) in [6, 6.07) is 6.14. The minimum atomic E-state index is 0.830. The maximum Gasteiger partial charge on any atom is 0.0328 e. The molecule has 0 atom stereocenters. The summed E-state index contributed by atoms with van der Waals surface area (Å²) < 4.78 is 1.06. The van der Waals surface area contributed by atoms with E-state index in [9.17, 15) is 0 Å². The van der Waals surface area contributed by atoms with E-state index in [4.69, 9.17) is 5.73 Å². The first-order valence-corrected chi connectivity index (χ1v) is 6.72. The summed E-state index contributed by atoms with van der Waals surface area (Å²) in [6.45, 7) is 7.67. The van der Waals surface area contributed by atoms with E-state index in [1.54, 1.807) is 0 Å². The zero-order valence-electron chi connectivity index (χ0n) is 10.2. The number of halogens is 1. The van der Waals surface area contributed by atoms with Gasteiger partial charge in [0.2, 0.25) is 0 Å². The zero-order chi connectivity index (χ0) is 12.0. The third-order valence-corrected chi connectivity index (χ3v) is 3.12. The van der Waals surface area contributed by atoms with Crippen LogP contribution in [0.5, 0.6) is 0 Å². The van der Waals surface area contributed by atoms with Gasteiger partial charge in [-0.05, 0) is 43.3 Å². The number of nitrogens with two attached hydrogens (primary N) is 1. The molecule has 3 heteroatoms. The Morgan fingerprint density at radius 3 is 2.56 bits per heavy atom. The predicted molar refractivity (Wildman–Crippen MR) is 74.4 cm³/mol. The molecule has 0 saturated heterocycles. The van der Waals surface area contributed by atoms with Gasteiger partial charge in [-0.2, -0.15) is 0 Å². The predicted octanol–water partition coefficient (Wildman–Crippen LogP) is 3.65. The molecule has 0 amide bonds. The maximum atomic E-state index is 5.83. The highest BCUT2D eigenvalue weighted by Crippen LogP contribution is 2.18. The number of rotatable bonds is 6. The van der Waals surface area contributed by atoms with Crippen LogP contribution in [0.1, 0.15) is 32.3 Å². The fraction of sp³-hybridized carbons (Fsp3) is 0.538. The number of nitrogen functional groups attached to an aromatic ring is 1. The van der Waals surface area contributed by atoms with Crippen LogP contribution in [0.3, 0.4) is 0 Å². The highest BCUT2D eigenvalue weighted by Gasteiger charge is 2.04. The van der Waals surface area contributed by atoms with Crippen LogP contribution in [0.4, 0.5) is 5.69 Å². The molecule has 0 aliphatic carbocycles. The van der Waals surface area contributed by atoms with Gasteiger partial charge in [0.1, 0.15) is 0 Å². The molecule has 0 radical (unpaired) electrons. The van der Waals surface area contributed by atoms with Gasteiger partial charge in [0.25, 0.3) is 0 Å². The molecular formula is C13H21BrN2. The number of hydrogen-bond acceptors (Lipinski definition) is 2. The van der Waals surface area contributed by atoms with E-state index in [0.29, 0.717) is 0 Å². The van der Waals surface area contributed by atoms with E-state index in [2.05, 4.69) is 46.8 Å². The fourth-order valence-corrected chi connectivity index (χ4v) is 2.31. The number of benzene rings is 1. The average Bonchev–Trinajstić information content (AvgIpc) is 2.22. The van der Waals surface area contributed by atoms with Crippen LogP contribution in [0, 0.1) is 0 Å². The van der Waals surface area contributed by atoms with Crippen LogP contribution in [-0.4, -0.2) is 18.0 Å². The van der Waals surface area contributed by atoms with E-state index >= 15 is 0 Å². The summed E-state index contributed by atoms with van der Waals surface area (Å²) in [4.78, 5) is 2.45. The Kier molecular flexibility index (Phi) is 5.85. The fourth-order valence-electron chi connectivity index (χ4n) is 1.76. The normalized spacial score (nSPS) is 11.0. The molecule has 0 unspecified atom stereocenters. The molecule has 16 heavy (non-hydrogen) atoms. The zero-order valence-corrected chi connectivity index (χ0v) is 11.8. The summed E-state index contributed by atoms with van der Waals surface area (Å²) in [5.41, 5.74) is 7.94. The number of unbranched alkanes of at least 4 members (excludes halogenated alkanes) is 1.